The van der Waals surface area contributed by atoms with Crippen LogP contribution in [0.4, 0.5) is 5.69 Å². The molecule has 1 saturated carbocycles. The first-order chi connectivity index (χ1) is 10.9. The van der Waals surface area contributed by atoms with Gasteiger partial charge in [-0.3, -0.25) is 14.9 Å². The maximum Gasteiger partial charge on any atom is 0.307 e. The second-order valence-corrected chi connectivity index (χ2v) is 6.99. The van der Waals surface area contributed by atoms with Crippen molar-refractivity contribution in [1.82, 2.24) is 4.31 Å². The first-order valence-corrected chi connectivity index (χ1v) is 8.72. The van der Waals surface area contributed by atoms with Gasteiger partial charge in [0.25, 0.3) is 5.69 Å². The third-order valence-corrected chi connectivity index (χ3v) is 5.44. The summed E-state index contributed by atoms with van der Waals surface area (Å²) < 4.78 is 31.5. The van der Waals surface area contributed by atoms with Gasteiger partial charge in [-0.2, -0.15) is 4.31 Å². The Bertz CT molecular complexity index is 699. The number of esters is 1. The predicted molar refractivity (Wildman–Crippen MR) is 81.3 cm³/mol. The number of nitro benzene ring substituents is 1. The molecule has 23 heavy (non-hydrogen) atoms. The summed E-state index contributed by atoms with van der Waals surface area (Å²) >= 11 is 0. The highest BCUT2D eigenvalue weighted by molar-refractivity contribution is 7.89. The molecule has 0 atom stereocenters. The highest BCUT2D eigenvalue weighted by atomic mass is 32.2. The molecule has 0 heterocycles. The number of benzene rings is 1. The van der Waals surface area contributed by atoms with Crippen LogP contribution < -0.4 is 0 Å². The van der Waals surface area contributed by atoms with Crippen LogP contribution in [-0.2, 0) is 19.6 Å². The van der Waals surface area contributed by atoms with Crippen LogP contribution in [-0.4, -0.2) is 42.8 Å². The molecule has 1 aromatic carbocycles. The van der Waals surface area contributed by atoms with Gasteiger partial charge in [0.05, 0.1) is 18.0 Å². The van der Waals surface area contributed by atoms with E-state index in [0.717, 1.165) is 6.07 Å². The first kappa shape index (κ1) is 17.4. The van der Waals surface area contributed by atoms with E-state index in [0.29, 0.717) is 12.8 Å². The maximum atomic E-state index is 12.8. The highest BCUT2D eigenvalue weighted by Gasteiger charge is 2.40. The number of nitro groups is 1. The molecule has 0 unspecified atom stereocenters. The third kappa shape index (κ3) is 4.05. The van der Waals surface area contributed by atoms with E-state index < -0.39 is 26.6 Å². The van der Waals surface area contributed by atoms with Crippen molar-refractivity contribution in [1.29, 1.82) is 0 Å². The normalized spacial score (nSPS) is 14.7. The molecular weight excluding hydrogens is 324 g/mol. The van der Waals surface area contributed by atoms with Gasteiger partial charge in [0.1, 0.15) is 0 Å². The molecule has 0 N–H and O–H groups in total. The standard InChI is InChI=1S/C14H18N2O6S/c1-2-22-14(17)9-10-15(11-7-8-11)23(20,21)13-6-4-3-5-12(13)16(18)19/h3-6,11H,2,7-10H2,1H3. The molecule has 0 aromatic heterocycles. The molecule has 0 aliphatic heterocycles. The number of hydrogen-bond acceptors (Lipinski definition) is 6. The summed E-state index contributed by atoms with van der Waals surface area (Å²) in [6.45, 7) is 1.84. The Hall–Kier alpha value is -2.00. The van der Waals surface area contributed by atoms with E-state index >= 15 is 0 Å². The quantitative estimate of drug-likeness (QED) is 0.404. The zero-order valence-corrected chi connectivity index (χ0v) is 13.5. The van der Waals surface area contributed by atoms with Crippen LogP contribution in [0, 0.1) is 10.1 Å². The van der Waals surface area contributed by atoms with E-state index in [1.54, 1.807) is 6.92 Å². The van der Waals surface area contributed by atoms with Gasteiger partial charge in [0.2, 0.25) is 10.0 Å². The Labute approximate surface area is 134 Å². The minimum atomic E-state index is -4.04. The molecule has 1 aliphatic carbocycles. The zero-order valence-electron chi connectivity index (χ0n) is 12.7. The molecule has 8 nitrogen and oxygen atoms in total. The van der Waals surface area contributed by atoms with Gasteiger partial charge in [0.15, 0.2) is 4.90 Å². The monoisotopic (exact) mass is 342 g/mol. The number of hydrogen-bond donors (Lipinski definition) is 0. The second kappa shape index (κ2) is 7.05. The second-order valence-electron chi connectivity index (χ2n) is 5.13. The number of sulfonamides is 1. The largest absolute Gasteiger partial charge is 0.466 e. The molecule has 0 amide bonds. The molecule has 0 radical (unpaired) electrons. The zero-order chi connectivity index (χ0) is 17.0. The summed E-state index contributed by atoms with van der Waals surface area (Å²) in [6.07, 6.45) is 1.29. The lowest BCUT2D eigenvalue weighted by molar-refractivity contribution is -0.387. The van der Waals surface area contributed by atoms with Crippen molar-refractivity contribution in [2.24, 2.45) is 0 Å². The van der Waals surface area contributed by atoms with Crippen LogP contribution in [0.2, 0.25) is 0 Å². The number of carbonyl (C=O) groups excluding carboxylic acids is 1. The fourth-order valence-electron chi connectivity index (χ4n) is 2.25. The van der Waals surface area contributed by atoms with Gasteiger partial charge in [-0.1, -0.05) is 12.1 Å². The van der Waals surface area contributed by atoms with Crippen LogP contribution in [0.1, 0.15) is 26.2 Å². The summed E-state index contributed by atoms with van der Waals surface area (Å²) in [6, 6.07) is 5.01. The average molecular weight is 342 g/mol. The Kier molecular flexibility index (Phi) is 5.32. The minimum absolute atomic E-state index is 0.0438. The Morgan fingerprint density at radius 1 is 1.39 bits per heavy atom. The van der Waals surface area contributed by atoms with Gasteiger partial charge in [-0.15, -0.1) is 0 Å². The van der Waals surface area contributed by atoms with Crippen LogP contribution in [0.25, 0.3) is 0 Å². The lowest BCUT2D eigenvalue weighted by atomic mass is 10.3. The molecule has 1 aliphatic rings. The molecule has 9 heteroatoms. The van der Waals surface area contributed by atoms with Crippen molar-refractivity contribution in [3.8, 4) is 0 Å². The first-order valence-electron chi connectivity index (χ1n) is 7.28. The van der Waals surface area contributed by atoms with Crippen molar-refractivity contribution >= 4 is 21.7 Å². The Balaban J connectivity index is 2.28. The molecule has 0 bridgehead atoms. The van der Waals surface area contributed by atoms with Crippen LogP contribution in [0.3, 0.4) is 0 Å². The summed E-state index contributed by atoms with van der Waals surface area (Å²) in [5.41, 5.74) is -0.464. The van der Waals surface area contributed by atoms with E-state index in [-0.39, 0.29) is 30.5 Å². The third-order valence-electron chi connectivity index (χ3n) is 3.44. The number of rotatable bonds is 8. The number of ether oxygens (including phenoxy) is 1. The van der Waals surface area contributed by atoms with E-state index in [9.17, 15) is 23.3 Å². The van der Waals surface area contributed by atoms with Gasteiger partial charge in [-0.05, 0) is 25.8 Å². The van der Waals surface area contributed by atoms with E-state index in [4.69, 9.17) is 4.74 Å². The SMILES string of the molecule is CCOC(=O)CCN(C1CC1)S(=O)(=O)c1ccccc1[N+](=O)[O-]. The minimum Gasteiger partial charge on any atom is -0.466 e. The molecular formula is C14H18N2O6S. The molecule has 126 valence electrons. The topological polar surface area (TPSA) is 107 Å². The number of nitrogens with zero attached hydrogens (tertiary/aromatic N) is 2. The van der Waals surface area contributed by atoms with Gasteiger partial charge in [0, 0.05) is 18.7 Å². The van der Waals surface area contributed by atoms with Crippen LogP contribution >= 0.6 is 0 Å². The van der Waals surface area contributed by atoms with Crippen LogP contribution in [0.5, 0.6) is 0 Å². The lowest BCUT2D eigenvalue weighted by Gasteiger charge is -2.21. The Morgan fingerprint density at radius 2 is 2.04 bits per heavy atom. The molecule has 0 saturated heterocycles. The summed E-state index contributed by atoms with van der Waals surface area (Å²) in [4.78, 5) is 21.5. The summed E-state index contributed by atoms with van der Waals surface area (Å²) in [5.74, 6) is -0.490. The van der Waals surface area contributed by atoms with Crippen molar-refractivity contribution in [2.75, 3.05) is 13.2 Å². The van der Waals surface area contributed by atoms with Crippen molar-refractivity contribution in [3.63, 3.8) is 0 Å². The van der Waals surface area contributed by atoms with Crippen molar-refractivity contribution in [2.45, 2.75) is 37.1 Å². The maximum absolute atomic E-state index is 12.8. The van der Waals surface area contributed by atoms with E-state index in [1.807, 2.05) is 0 Å². The lowest BCUT2D eigenvalue weighted by Crippen LogP contribution is -2.35. The number of carbonyl (C=O) groups is 1. The smallest absolute Gasteiger partial charge is 0.307 e. The fourth-order valence-corrected chi connectivity index (χ4v) is 4.09. The number of para-hydroxylation sites is 1. The molecule has 1 aromatic rings. The Morgan fingerprint density at radius 3 is 2.61 bits per heavy atom. The van der Waals surface area contributed by atoms with Crippen molar-refractivity contribution in [3.05, 3.63) is 34.4 Å². The summed E-state index contributed by atoms with van der Waals surface area (Å²) in [7, 11) is -4.04. The molecule has 0 spiro atoms. The van der Waals surface area contributed by atoms with E-state index in [1.165, 1.54) is 22.5 Å². The van der Waals surface area contributed by atoms with Gasteiger partial charge in [-0.25, -0.2) is 8.42 Å². The predicted octanol–water partition coefficient (Wildman–Crippen LogP) is 1.70. The van der Waals surface area contributed by atoms with Gasteiger partial charge >= 0.3 is 5.97 Å². The van der Waals surface area contributed by atoms with E-state index in [2.05, 4.69) is 0 Å². The van der Waals surface area contributed by atoms with Crippen LogP contribution in [0.15, 0.2) is 29.2 Å². The average Bonchev–Trinajstić information content (AvgIpc) is 3.32. The molecule has 2 rings (SSSR count). The fraction of sp³-hybridized carbons (Fsp3) is 0.500. The summed E-state index contributed by atoms with van der Waals surface area (Å²) in [5, 5.41) is 11.1. The highest BCUT2D eigenvalue weighted by Crippen LogP contribution is 2.34. The van der Waals surface area contributed by atoms with Crippen molar-refractivity contribution < 1.29 is 22.9 Å². The van der Waals surface area contributed by atoms with Gasteiger partial charge < -0.3 is 4.74 Å². The molecule has 1 fully saturated rings.